The number of anilines is 1. The topological polar surface area (TPSA) is 92.2 Å². The summed E-state index contributed by atoms with van der Waals surface area (Å²) in [5.74, 6) is 0.571. The largest absolute Gasteiger partial charge is 0.383 e. The van der Waals surface area contributed by atoms with Gasteiger partial charge in [-0.1, -0.05) is 13.8 Å². The second-order valence-corrected chi connectivity index (χ2v) is 6.55. The molecule has 0 bridgehead atoms. The molecule has 6 heteroatoms. The Morgan fingerprint density at radius 2 is 2.30 bits per heavy atom. The van der Waals surface area contributed by atoms with Gasteiger partial charge in [0, 0.05) is 43.6 Å². The lowest BCUT2D eigenvalue weighted by Gasteiger charge is -2.32. The molecule has 0 aromatic carbocycles. The van der Waals surface area contributed by atoms with E-state index in [0.29, 0.717) is 44.1 Å². The average molecular weight is 314 g/mol. The van der Waals surface area contributed by atoms with Gasteiger partial charge < -0.3 is 15.4 Å². The van der Waals surface area contributed by atoms with Crippen LogP contribution in [-0.4, -0.2) is 35.5 Å². The number of fused-ring (bicyclic) bond motifs is 1. The number of aromatic nitrogens is 1. The second-order valence-electron chi connectivity index (χ2n) is 6.55. The Kier molecular flexibility index (Phi) is 4.22. The van der Waals surface area contributed by atoms with Crippen molar-refractivity contribution in [2.24, 2.45) is 5.92 Å². The third kappa shape index (κ3) is 2.77. The van der Waals surface area contributed by atoms with Gasteiger partial charge in [0.25, 0.3) is 0 Å². The van der Waals surface area contributed by atoms with E-state index in [1.165, 1.54) is 0 Å². The highest BCUT2D eigenvalue weighted by Crippen LogP contribution is 2.36. The number of rotatable bonds is 2. The highest BCUT2D eigenvalue weighted by atomic mass is 16.5. The molecule has 0 spiro atoms. The molecule has 2 aliphatic heterocycles. The SMILES string of the molecule is CC(C)C(=O)N1CCc2nc(N)c(C#N)c([C@@H]3CCOC3)c2C1. The van der Waals surface area contributed by atoms with Crippen molar-refractivity contribution in [1.82, 2.24) is 9.88 Å². The van der Waals surface area contributed by atoms with Gasteiger partial charge in [0.1, 0.15) is 11.9 Å². The molecule has 122 valence electrons. The summed E-state index contributed by atoms with van der Waals surface area (Å²) in [6.07, 6.45) is 1.56. The van der Waals surface area contributed by atoms with Crippen molar-refractivity contribution in [3.8, 4) is 6.07 Å². The Hall–Kier alpha value is -2.13. The number of nitriles is 1. The summed E-state index contributed by atoms with van der Waals surface area (Å²) in [5, 5.41) is 9.53. The first-order chi connectivity index (χ1) is 11.0. The number of pyridine rings is 1. The van der Waals surface area contributed by atoms with Crippen molar-refractivity contribution in [3.63, 3.8) is 0 Å². The Morgan fingerprint density at radius 3 is 2.91 bits per heavy atom. The molecular weight excluding hydrogens is 292 g/mol. The minimum Gasteiger partial charge on any atom is -0.383 e. The van der Waals surface area contributed by atoms with Crippen molar-refractivity contribution in [2.45, 2.75) is 39.2 Å². The summed E-state index contributed by atoms with van der Waals surface area (Å²) in [5.41, 5.74) is 9.35. The van der Waals surface area contributed by atoms with Gasteiger partial charge in [0.15, 0.2) is 0 Å². The maximum atomic E-state index is 12.4. The molecule has 1 amide bonds. The van der Waals surface area contributed by atoms with Crippen molar-refractivity contribution >= 4 is 11.7 Å². The van der Waals surface area contributed by atoms with Crippen LogP contribution in [0.25, 0.3) is 0 Å². The molecule has 0 saturated carbocycles. The summed E-state index contributed by atoms with van der Waals surface area (Å²) in [7, 11) is 0. The fourth-order valence-corrected chi connectivity index (χ4v) is 3.49. The molecule has 1 saturated heterocycles. The molecule has 0 aliphatic carbocycles. The van der Waals surface area contributed by atoms with Gasteiger partial charge in [-0.2, -0.15) is 5.26 Å². The molecule has 23 heavy (non-hydrogen) atoms. The zero-order valence-corrected chi connectivity index (χ0v) is 13.6. The lowest BCUT2D eigenvalue weighted by molar-refractivity contribution is -0.135. The molecule has 1 fully saturated rings. The molecule has 1 atom stereocenters. The van der Waals surface area contributed by atoms with Crippen LogP contribution in [0, 0.1) is 17.2 Å². The number of amides is 1. The first-order valence-corrected chi connectivity index (χ1v) is 8.10. The van der Waals surface area contributed by atoms with Crippen LogP contribution in [0.3, 0.4) is 0 Å². The molecular formula is C17H22N4O2. The Bertz CT molecular complexity index is 672. The van der Waals surface area contributed by atoms with Gasteiger partial charge in [0.05, 0.1) is 12.2 Å². The number of ether oxygens (including phenoxy) is 1. The summed E-state index contributed by atoms with van der Waals surface area (Å²) in [6, 6.07) is 2.21. The monoisotopic (exact) mass is 314 g/mol. The minimum atomic E-state index is -0.0352. The minimum absolute atomic E-state index is 0.0352. The summed E-state index contributed by atoms with van der Waals surface area (Å²) in [4.78, 5) is 18.7. The first-order valence-electron chi connectivity index (χ1n) is 8.10. The standard InChI is InChI=1S/C17H22N4O2/c1-10(2)17(22)21-5-3-14-13(8-21)15(11-4-6-23-9-11)12(7-18)16(19)20-14/h10-11H,3-6,8-9H2,1-2H3,(H2,19,20)/t11-/m1/s1. The molecule has 3 heterocycles. The Balaban J connectivity index is 2.06. The quantitative estimate of drug-likeness (QED) is 0.894. The van der Waals surface area contributed by atoms with E-state index in [2.05, 4.69) is 11.1 Å². The normalized spacial score (nSPS) is 20.4. The van der Waals surface area contributed by atoms with Gasteiger partial charge >= 0.3 is 0 Å². The van der Waals surface area contributed by atoms with Crippen molar-refractivity contribution in [3.05, 3.63) is 22.4 Å². The van der Waals surface area contributed by atoms with Crippen molar-refractivity contribution < 1.29 is 9.53 Å². The number of nitrogen functional groups attached to an aromatic ring is 1. The van der Waals surface area contributed by atoms with Crippen LogP contribution in [0.5, 0.6) is 0 Å². The van der Waals surface area contributed by atoms with Gasteiger partial charge in [-0.3, -0.25) is 4.79 Å². The smallest absolute Gasteiger partial charge is 0.225 e. The number of carbonyl (C=O) groups is 1. The van der Waals surface area contributed by atoms with Crippen molar-refractivity contribution in [2.75, 3.05) is 25.5 Å². The maximum absolute atomic E-state index is 12.4. The molecule has 3 rings (SSSR count). The van der Waals surface area contributed by atoms with Crippen LogP contribution in [0.4, 0.5) is 5.82 Å². The summed E-state index contributed by atoms with van der Waals surface area (Å²) < 4.78 is 5.50. The number of nitrogens with two attached hydrogens (primary N) is 1. The van der Waals surface area contributed by atoms with E-state index in [-0.39, 0.29) is 17.7 Å². The van der Waals surface area contributed by atoms with E-state index in [9.17, 15) is 10.1 Å². The highest BCUT2D eigenvalue weighted by molar-refractivity contribution is 5.78. The van der Waals surface area contributed by atoms with E-state index in [4.69, 9.17) is 10.5 Å². The van der Waals surface area contributed by atoms with E-state index >= 15 is 0 Å². The Labute approximate surface area is 136 Å². The van der Waals surface area contributed by atoms with E-state index in [0.717, 1.165) is 23.2 Å². The third-order valence-corrected chi connectivity index (χ3v) is 4.68. The number of hydrogen-bond acceptors (Lipinski definition) is 5. The molecule has 1 aromatic heterocycles. The third-order valence-electron chi connectivity index (χ3n) is 4.68. The number of nitrogens with zero attached hydrogens (tertiary/aromatic N) is 3. The molecule has 0 unspecified atom stereocenters. The van der Waals surface area contributed by atoms with E-state index in [1.54, 1.807) is 0 Å². The average Bonchev–Trinajstić information content (AvgIpc) is 3.06. The molecule has 2 aliphatic rings. The van der Waals surface area contributed by atoms with Crippen LogP contribution in [-0.2, 0) is 22.5 Å². The maximum Gasteiger partial charge on any atom is 0.225 e. The summed E-state index contributed by atoms with van der Waals surface area (Å²) in [6.45, 7) is 6.28. The molecule has 1 aromatic rings. The van der Waals surface area contributed by atoms with Crippen LogP contribution < -0.4 is 5.73 Å². The number of hydrogen-bond donors (Lipinski definition) is 1. The lowest BCUT2D eigenvalue weighted by Crippen LogP contribution is -2.39. The fourth-order valence-electron chi connectivity index (χ4n) is 3.49. The predicted molar refractivity (Wildman–Crippen MR) is 85.5 cm³/mol. The van der Waals surface area contributed by atoms with Gasteiger partial charge in [-0.05, 0) is 17.5 Å². The second kappa shape index (κ2) is 6.17. The molecule has 2 N–H and O–H groups in total. The van der Waals surface area contributed by atoms with Crippen molar-refractivity contribution in [1.29, 1.82) is 5.26 Å². The van der Waals surface area contributed by atoms with Crippen LogP contribution in [0.15, 0.2) is 0 Å². The van der Waals surface area contributed by atoms with E-state index in [1.807, 2.05) is 18.7 Å². The highest BCUT2D eigenvalue weighted by Gasteiger charge is 2.32. The predicted octanol–water partition coefficient (Wildman–Crippen LogP) is 1.58. The van der Waals surface area contributed by atoms with Gasteiger partial charge in [-0.15, -0.1) is 0 Å². The number of carbonyl (C=O) groups excluding carboxylic acids is 1. The first kappa shape index (κ1) is 15.8. The van der Waals surface area contributed by atoms with Gasteiger partial charge in [-0.25, -0.2) is 4.98 Å². The zero-order valence-electron chi connectivity index (χ0n) is 13.6. The van der Waals surface area contributed by atoms with Crippen LogP contribution >= 0.6 is 0 Å². The fraction of sp³-hybridized carbons (Fsp3) is 0.588. The molecule has 6 nitrogen and oxygen atoms in total. The molecule has 0 radical (unpaired) electrons. The van der Waals surface area contributed by atoms with Crippen LogP contribution in [0.1, 0.15) is 48.6 Å². The van der Waals surface area contributed by atoms with Crippen LogP contribution in [0.2, 0.25) is 0 Å². The zero-order chi connectivity index (χ0) is 16.6. The van der Waals surface area contributed by atoms with E-state index < -0.39 is 0 Å². The summed E-state index contributed by atoms with van der Waals surface area (Å²) >= 11 is 0. The van der Waals surface area contributed by atoms with Gasteiger partial charge in [0.2, 0.25) is 5.91 Å². The Morgan fingerprint density at radius 1 is 1.52 bits per heavy atom. The lowest BCUT2D eigenvalue weighted by atomic mass is 9.86.